The molecule has 1 aromatic heterocycles. The number of rotatable bonds is 2. The summed E-state index contributed by atoms with van der Waals surface area (Å²) in [7, 11) is 0. The minimum absolute atomic E-state index is 0.759. The minimum atomic E-state index is 0.759. The van der Waals surface area contributed by atoms with E-state index in [9.17, 15) is 0 Å². The summed E-state index contributed by atoms with van der Waals surface area (Å²) in [6, 6.07) is 0. The lowest BCUT2D eigenvalue weighted by Crippen LogP contribution is -1.96. The molecule has 12 heavy (non-hydrogen) atoms. The van der Waals surface area contributed by atoms with E-state index in [2.05, 4.69) is 9.97 Å². The van der Waals surface area contributed by atoms with Crippen LogP contribution < -0.4 is 0 Å². The zero-order chi connectivity index (χ0) is 7.97. The largest absolute Gasteiger partial charge is 0.257 e. The maximum Gasteiger partial charge on any atom is 0.0652 e. The number of nitrogens with zero attached hydrogens (tertiary/aromatic N) is 2. The lowest BCUT2D eigenvalue weighted by molar-refractivity contribution is 0.888. The van der Waals surface area contributed by atoms with Crippen molar-refractivity contribution in [2.24, 2.45) is 0 Å². The molecule has 2 saturated carbocycles. The van der Waals surface area contributed by atoms with E-state index in [4.69, 9.17) is 0 Å². The van der Waals surface area contributed by atoms with Crippen molar-refractivity contribution in [2.75, 3.05) is 0 Å². The van der Waals surface area contributed by atoms with Gasteiger partial charge in [0.2, 0.25) is 0 Å². The molecule has 0 saturated heterocycles. The van der Waals surface area contributed by atoms with Crippen LogP contribution in [0.15, 0.2) is 12.4 Å². The van der Waals surface area contributed by atoms with E-state index >= 15 is 0 Å². The topological polar surface area (TPSA) is 25.8 Å². The summed E-state index contributed by atoms with van der Waals surface area (Å²) in [4.78, 5) is 8.88. The molecule has 3 rings (SSSR count). The molecule has 1 aromatic rings. The molecule has 0 aliphatic heterocycles. The van der Waals surface area contributed by atoms with Crippen LogP contribution in [0, 0.1) is 0 Å². The average Bonchev–Trinajstić information content (AvgIpc) is 2.99. The first-order valence-corrected chi connectivity index (χ1v) is 4.76. The molecule has 0 amide bonds. The van der Waals surface area contributed by atoms with Crippen LogP contribution in [0.4, 0.5) is 0 Å². The minimum Gasteiger partial charge on any atom is -0.257 e. The summed E-state index contributed by atoms with van der Waals surface area (Å²) in [5.74, 6) is 1.52. The highest BCUT2D eigenvalue weighted by Gasteiger charge is 2.34. The van der Waals surface area contributed by atoms with Crippen molar-refractivity contribution >= 4 is 0 Å². The van der Waals surface area contributed by atoms with E-state index < -0.39 is 0 Å². The van der Waals surface area contributed by atoms with Crippen LogP contribution in [0.2, 0.25) is 0 Å². The first-order valence-electron chi connectivity index (χ1n) is 4.76. The van der Waals surface area contributed by atoms with Gasteiger partial charge in [0.15, 0.2) is 0 Å². The monoisotopic (exact) mass is 160 g/mol. The zero-order valence-corrected chi connectivity index (χ0v) is 7.03. The van der Waals surface area contributed by atoms with Gasteiger partial charge in [-0.25, -0.2) is 0 Å². The molecule has 0 atom stereocenters. The maximum absolute atomic E-state index is 4.44. The smallest absolute Gasteiger partial charge is 0.0652 e. The fourth-order valence-corrected chi connectivity index (χ4v) is 1.70. The molecule has 2 nitrogen and oxygen atoms in total. The Morgan fingerprint density at radius 2 is 1.25 bits per heavy atom. The molecular weight excluding hydrogens is 148 g/mol. The predicted octanol–water partition coefficient (Wildman–Crippen LogP) is 2.23. The van der Waals surface area contributed by atoms with Crippen molar-refractivity contribution in [3.8, 4) is 0 Å². The zero-order valence-electron chi connectivity index (χ0n) is 7.03. The predicted molar refractivity (Wildman–Crippen MR) is 46.0 cm³/mol. The van der Waals surface area contributed by atoms with Gasteiger partial charge in [-0.05, 0) is 25.7 Å². The summed E-state index contributed by atoms with van der Waals surface area (Å²) in [5.41, 5.74) is 2.61. The molecular formula is C10H12N2. The molecule has 0 unspecified atom stereocenters. The van der Waals surface area contributed by atoms with E-state index in [0.29, 0.717) is 0 Å². The molecule has 2 heteroatoms. The van der Waals surface area contributed by atoms with Gasteiger partial charge in [0.05, 0.1) is 11.4 Å². The first kappa shape index (κ1) is 6.58. The van der Waals surface area contributed by atoms with Crippen LogP contribution in [0.1, 0.15) is 48.9 Å². The van der Waals surface area contributed by atoms with Gasteiger partial charge in [0, 0.05) is 24.2 Å². The summed E-state index contributed by atoms with van der Waals surface area (Å²) in [5, 5.41) is 0. The second-order valence-electron chi connectivity index (χ2n) is 3.88. The normalized spacial score (nSPS) is 22.7. The maximum atomic E-state index is 4.44. The highest BCUT2D eigenvalue weighted by molar-refractivity contribution is 5.26. The van der Waals surface area contributed by atoms with Gasteiger partial charge in [0.25, 0.3) is 0 Å². The number of aromatic nitrogens is 2. The molecule has 1 heterocycles. The Balaban J connectivity index is 2.02. The van der Waals surface area contributed by atoms with Crippen molar-refractivity contribution in [3.63, 3.8) is 0 Å². The Morgan fingerprint density at radius 1 is 0.833 bits per heavy atom. The van der Waals surface area contributed by atoms with E-state index in [1.54, 1.807) is 0 Å². The van der Waals surface area contributed by atoms with Crippen LogP contribution in [-0.2, 0) is 0 Å². The van der Waals surface area contributed by atoms with Gasteiger partial charge in [-0.3, -0.25) is 9.97 Å². The van der Waals surface area contributed by atoms with Gasteiger partial charge < -0.3 is 0 Å². The van der Waals surface area contributed by atoms with Crippen LogP contribution in [0.5, 0.6) is 0 Å². The fraction of sp³-hybridized carbons (Fsp3) is 0.600. The van der Waals surface area contributed by atoms with Crippen molar-refractivity contribution in [1.82, 2.24) is 9.97 Å². The summed E-state index contributed by atoms with van der Waals surface area (Å²) in [6.07, 6.45) is 8.99. The Kier molecular flexibility index (Phi) is 1.25. The average molecular weight is 160 g/mol. The van der Waals surface area contributed by atoms with Crippen LogP contribution in [0.3, 0.4) is 0 Å². The van der Waals surface area contributed by atoms with Crippen LogP contribution in [0.25, 0.3) is 0 Å². The Hall–Kier alpha value is -0.920. The third-order valence-corrected chi connectivity index (χ3v) is 2.68. The molecule has 0 bridgehead atoms. The lowest BCUT2D eigenvalue weighted by Gasteiger charge is -2.02. The van der Waals surface area contributed by atoms with Gasteiger partial charge in [-0.2, -0.15) is 0 Å². The van der Waals surface area contributed by atoms with E-state index in [-0.39, 0.29) is 0 Å². The van der Waals surface area contributed by atoms with Crippen LogP contribution >= 0.6 is 0 Å². The molecule has 0 N–H and O–H groups in total. The summed E-state index contributed by atoms with van der Waals surface area (Å²) in [6.45, 7) is 0. The molecule has 0 radical (unpaired) electrons. The summed E-state index contributed by atoms with van der Waals surface area (Å²) < 4.78 is 0. The Labute approximate surface area is 72.0 Å². The molecule has 0 spiro atoms. The first-order chi connectivity index (χ1) is 5.95. The third-order valence-electron chi connectivity index (χ3n) is 2.68. The lowest BCUT2D eigenvalue weighted by atomic mass is 10.1. The van der Waals surface area contributed by atoms with E-state index in [1.807, 2.05) is 12.4 Å². The van der Waals surface area contributed by atoms with Crippen molar-refractivity contribution in [1.29, 1.82) is 0 Å². The van der Waals surface area contributed by atoms with Crippen molar-refractivity contribution < 1.29 is 0 Å². The third kappa shape index (κ3) is 1.02. The quantitative estimate of drug-likeness (QED) is 0.663. The molecule has 2 aliphatic carbocycles. The van der Waals surface area contributed by atoms with Gasteiger partial charge in [-0.1, -0.05) is 0 Å². The molecule has 2 fully saturated rings. The Bertz CT molecular complexity index is 269. The summed E-state index contributed by atoms with van der Waals surface area (Å²) >= 11 is 0. The fourth-order valence-electron chi connectivity index (χ4n) is 1.70. The second kappa shape index (κ2) is 2.28. The van der Waals surface area contributed by atoms with E-state index in [0.717, 1.165) is 11.8 Å². The van der Waals surface area contributed by atoms with Gasteiger partial charge >= 0.3 is 0 Å². The van der Waals surface area contributed by atoms with Gasteiger partial charge in [-0.15, -0.1) is 0 Å². The second-order valence-corrected chi connectivity index (χ2v) is 3.88. The molecule has 2 aliphatic rings. The molecule has 62 valence electrons. The number of hydrogen-bond acceptors (Lipinski definition) is 2. The molecule has 0 aromatic carbocycles. The van der Waals surface area contributed by atoms with Crippen molar-refractivity contribution in [2.45, 2.75) is 37.5 Å². The number of hydrogen-bond donors (Lipinski definition) is 0. The van der Waals surface area contributed by atoms with Crippen molar-refractivity contribution in [3.05, 3.63) is 23.8 Å². The Morgan fingerprint density at radius 3 is 1.58 bits per heavy atom. The van der Waals surface area contributed by atoms with E-state index in [1.165, 1.54) is 37.1 Å². The SMILES string of the molecule is c1cnc(C2CC2)c(C2CC2)n1. The van der Waals surface area contributed by atoms with Gasteiger partial charge in [0.1, 0.15) is 0 Å². The van der Waals surface area contributed by atoms with Crippen LogP contribution in [-0.4, -0.2) is 9.97 Å². The highest BCUT2D eigenvalue weighted by atomic mass is 14.8. The standard InChI is InChI=1S/C10H12N2/c1-2-7(1)9-10(8-3-4-8)12-6-5-11-9/h5-8H,1-4H2. The highest BCUT2D eigenvalue weighted by Crippen LogP contribution is 2.47.